The fourth-order valence-corrected chi connectivity index (χ4v) is 2.15. The highest BCUT2D eigenvalue weighted by Crippen LogP contribution is 2.09. The Morgan fingerprint density at radius 2 is 2.25 bits per heavy atom. The topological polar surface area (TPSA) is 101 Å². The molecule has 0 atom stereocenters. The van der Waals surface area contributed by atoms with Gasteiger partial charge in [-0.3, -0.25) is 9.59 Å². The van der Waals surface area contributed by atoms with E-state index in [0.29, 0.717) is 5.01 Å². The summed E-state index contributed by atoms with van der Waals surface area (Å²) in [6.07, 6.45) is 1.50. The maximum absolute atomic E-state index is 11.8. The predicted molar refractivity (Wildman–Crippen MR) is 71.9 cm³/mol. The monoisotopic (exact) mass is 293 g/mol. The van der Waals surface area contributed by atoms with Gasteiger partial charge in [0.05, 0.1) is 6.54 Å². The summed E-state index contributed by atoms with van der Waals surface area (Å²) in [4.78, 5) is 37.7. The molecule has 0 saturated heterocycles. The Labute approximate surface area is 117 Å². The third-order valence-corrected chi connectivity index (χ3v) is 3.39. The third-order valence-electron chi connectivity index (χ3n) is 2.54. The Morgan fingerprint density at radius 1 is 1.50 bits per heavy atom. The van der Waals surface area contributed by atoms with Crippen LogP contribution < -0.4 is 10.9 Å². The molecule has 2 aromatic rings. The van der Waals surface area contributed by atoms with Crippen LogP contribution in [0.15, 0.2) is 28.5 Å². The zero-order chi connectivity index (χ0) is 14.7. The standard InChI is InChI=1S/C12H11N3O4S/c1-15-3-2-7(4-10(15)16)11(17)13-5-9-14-8(6-20-9)12(18)19/h2-4,6H,5H2,1H3,(H,13,17)(H,18,19). The van der Waals surface area contributed by atoms with Gasteiger partial charge in [-0.25, -0.2) is 9.78 Å². The highest BCUT2D eigenvalue weighted by atomic mass is 32.1. The maximum atomic E-state index is 11.8. The number of pyridine rings is 1. The lowest BCUT2D eigenvalue weighted by Crippen LogP contribution is -2.25. The van der Waals surface area contributed by atoms with Crippen molar-refractivity contribution in [1.29, 1.82) is 0 Å². The Morgan fingerprint density at radius 3 is 2.85 bits per heavy atom. The van der Waals surface area contributed by atoms with Crippen molar-refractivity contribution in [2.45, 2.75) is 6.54 Å². The number of carboxylic acids is 1. The molecule has 2 heterocycles. The van der Waals surface area contributed by atoms with Crippen LogP contribution in [0.4, 0.5) is 0 Å². The van der Waals surface area contributed by atoms with Crippen LogP contribution in [0.25, 0.3) is 0 Å². The van der Waals surface area contributed by atoms with Gasteiger partial charge in [0, 0.05) is 30.3 Å². The SMILES string of the molecule is Cn1ccc(C(=O)NCc2nc(C(=O)O)cs2)cc1=O. The molecule has 1 amide bonds. The van der Waals surface area contributed by atoms with E-state index in [1.807, 2.05) is 0 Å². The molecular formula is C12H11N3O4S. The fourth-order valence-electron chi connectivity index (χ4n) is 1.44. The van der Waals surface area contributed by atoms with Crippen molar-refractivity contribution in [3.8, 4) is 0 Å². The van der Waals surface area contributed by atoms with Gasteiger partial charge in [-0.1, -0.05) is 0 Å². The van der Waals surface area contributed by atoms with Gasteiger partial charge in [-0.15, -0.1) is 11.3 Å². The molecular weight excluding hydrogens is 282 g/mol. The first-order chi connectivity index (χ1) is 9.47. The van der Waals surface area contributed by atoms with Crippen LogP contribution in [0, 0.1) is 0 Å². The van der Waals surface area contributed by atoms with E-state index in [0.717, 1.165) is 11.3 Å². The summed E-state index contributed by atoms with van der Waals surface area (Å²) in [6, 6.07) is 2.77. The molecule has 0 bridgehead atoms. The number of aryl methyl sites for hydroxylation is 1. The lowest BCUT2D eigenvalue weighted by Gasteiger charge is -2.03. The van der Waals surface area contributed by atoms with Gasteiger partial charge in [0.1, 0.15) is 5.01 Å². The molecule has 0 spiro atoms. The summed E-state index contributed by atoms with van der Waals surface area (Å²) in [5.74, 6) is -1.51. The number of aromatic carboxylic acids is 1. The number of carbonyl (C=O) groups excluding carboxylic acids is 1. The number of hydrogen-bond donors (Lipinski definition) is 2. The minimum atomic E-state index is -1.11. The van der Waals surface area contributed by atoms with Gasteiger partial charge in [-0.05, 0) is 6.07 Å². The van der Waals surface area contributed by atoms with Crippen molar-refractivity contribution in [2.24, 2.45) is 7.05 Å². The molecule has 104 valence electrons. The summed E-state index contributed by atoms with van der Waals surface area (Å²) < 4.78 is 1.36. The molecule has 2 rings (SSSR count). The molecule has 0 aliphatic rings. The second-order valence-corrected chi connectivity index (χ2v) is 4.92. The second kappa shape index (κ2) is 5.66. The van der Waals surface area contributed by atoms with E-state index < -0.39 is 11.9 Å². The zero-order valence-corrected chi connectivity index (χ0v) is 11.3. The first-order valence-electron chi connectivity index (χ1n) is 5.60. The van der Waals surface area contributed by atoms with Crippen molar-refractivity contribution in [3.05, 3.63) is 50.3 Å². The molecule has 0 radical (unpaired) electrons. The van der Waals surface area contributed by atoms with Gasteiger partial charge in [0.15, 0.2) is 5.69 Å². The smallest absolute Gasteiger partial charge is 0.355 e. The average molecular weight is 293 g/mol. The zero-order valence-electron chi connectivity index (χ0n) is 10.5. The molecule has 0 aliphatic heterocycles. The van der Waals surface area contributed by atoms with Gasteiger partial charge in [-0.2, -0.15) is 0 Å². The normalized spacial score (nSPS) is 10.2. The van der Waals surface area contributed by atoms with Crippen LogP contribution in [0.1, 0.15) is 25.9 Å². The molecule has 7 nitrogen and oxygen atoms in total. The number of nitrogens with zero attached hydrogens (tertiary/aromatic N) is 2. The summed E-state index contributed by atoms with van der Waals surface area (Å²) in [5, 5.41) is 13.2. The van der Waals surface area contributed by atoms with E-state index in [2.05, 4.69) is 10.3 Å². The van der Waals surface area contributed by atoms with Gasteiger partial charge in [0.25, 0.3) is 11.5 Å². The number of rotatable bonds is 4. The molecule has 0 saturated carbocycles. The van der Waals surface area contributed by atoms with Crippen LogP contribution in [-0.2, 0) is 13.6 Å². The molecule has 0 unspecified atom stereocenters. The Kier molecular flexibility index (Phi) is 3.94. The van der Waals surface area contributed by atoms with Crippen LogP contribution in [-0.4, -0.2) is 26.5 Å². The maximum Gasteiger partial charge on any atom is 0.355 e. The second-order valence-electron chi connectivity index (χ2n) is 3.98. The third kappa shape index (κ3) is 3.09. The Balaban J connectivity index is 2.02. The lowest BCUT2D eigenvalue weighted by molar-refractivity contribution is 0.0691. The molecule has 2 N–H and O–H groups in total. The number of hydrogen-bond acceptors (Lipinski definition) is 5. The van der Waals surface area contributed by atoms with Gasteiger partial charge >= 0.3 is 5.97 Å². The van der Waals surface area contributed by atoms with Gasteiger partial charge in [0.2, 0.25) is 0 Å². The fraction of sp³-hybridized carbons (Fsp3) is 0.167. The number of thiazole rings is 1. The van der Waals surface area contributed by atoms with E-state index in [4.69, 9.17) is 5.11 Å². The van der Waals surface area contributed by atoms with Crippen molar-refractivity contribution in [1.82, 2.24) is 14.9 Å². The molecule has 2 aromatic heterocycles. The van der Waals surface area contributed by atoms with Crippen molar-refractivity contribution < 1.29 is 14.7 Å². The van der Waals surface area contributed by atoms with Crippen LogP contribution >= 0.6 is 11.3 Å². The number of carbonyl (C=O) groups is 2. The van der Waals surface area contributed by atoms with E-state index >= 15 is 0 Å². The van der Waals surface area contributed by atoms with Crippen molar-refractivity contribution in [2.75, 3.05) is 0 Å². The average Bonchev–Trinajstić information content (AvgIpc) is 2.88. The Hall–Kier alpha value is -2.48. The van der Waals surface area contributed by atoms with E-state index in [1.54, 1.807) is 7.05 Å². The summed E-state index contributed by atoms with van der Waals surface area (Å²) in [6.45, 7) is 0.117. The van der Waals surface area contributed by atoms with E-state index in [-0.39, 0.29) is 23.4 Å². The van der Waals surface area contributed by atoms with Crippen LogP contribution in [0.3, 0.4) is 0 Å². The largest absolute Gasteiger partial charge is 0.476 e. The number of nitrogens with one attached hydrogen (secondary N) is 1. The molecule has 0 aromatic carbocycles. The molecule has 0 aliphatic carbocycles. The quantitative estimate of drug-likeness (QED) is 0.853. The van der Waals surface area contributed by atoms with Crippen LogP contribution in [0.2, 0.25) is 0 Å². The first-order valence-corrected chi connectivity index (χ1v) is 6.48. The minimum absolute atomic E-state index is 0.0483. The predicted octanol–water partition coefficient (Wildman–Crippen LogP) is 0.470. The van der Waals surface area contributed by atoms with E-state index in [9.17, 15) is 14.4 Å². The van der Waals surface area contributed by atoms with Gasteiger partial charge < -0.3 is 15.0 Å². The molecule has 8 heteroatoms. The van der Waals surface area contributed by atoms with Crippen LogP contribution in [0.5, 0.6) is 0 Å². The number of aromatic nitrogens is 2. The number of carboxylic acid groups (broad SMARTS) is 1. The summed E-state index contributed by atoms with van der Waals surface area (Å²) >= 11 is 1.15. The molecule has 20 heavy (non-hydrogen) atoms. The van der Waals surface area contributed by atoms with Crippen molar-refractivity contribution >= 4 is 23.2 Å². The minimum Gasteiger partial charge on any atom is -0.476 e. The summed E-state index contributed by atoms with van der Waals surface area (Å²) in [7, 11) is 1.59. The summed E-state index contributed by atoms with van der Waals surface area (Å²) in [5.41, 5.74) is -0.0731. The lowest BCUT2D eigenvalue weighted by atomic mass is 10.2. The number of amides is 1. The van der Waals surface area contributed by atoms with E-state index in [1.165, 1.54) is 28.3 Å². The van der Waals surface area contributed by atoms with Crippen molar-refractivity contribution in [3.63, 3.8) is 0 Å². The molecule has 0 fully saturated rings. The first kappa shape index (κ1) is 13.9. The highest BCUT2D eigenvalue weighted by Gasteiger charge is 2.11. The Bertz CT molecular complexity index is 719. The highest BCUT2D eigenvalue weighted by molar-refractivity contribution is 7.09.